The molecule has 41 heavy (non-hydrogen) atoms. The zero-order valence-corrected chi connectivity index (χ0v) is 27.2. The van der Waals surface area contributed by atoms with Crippen LogP contribution in [-0.2, 0) is 24.9 Å². The summed E-state index contributed by atoms with van der Waals surface area (Å²) in [4.78, 5) is 10.8. The fourth-order valence-electron chi connectivity index (χ4n) is 5.81. The number of carbonyl (C=O) groups is 1. The second-order valence-electron chi connectivity index (χ2n) is 11.0. The summed E-state index contributed by atoms with van der Waals surface area (Å²) in [5.74, 6) is -1.21. The number of carboxylic acid groups (broad SMARTS) is 1. The summed E-state index contributed by atoms with van der Waals surface area (Å²) >= 11 is 0. The van der Waals surface area contributed by atoms with Gasteiger partial charge in [-0.2, -0.15) is 12.1 Å². The predicted molar refractivity (Wildman–Crippen MR) is 163 cm³/mol. The van der Waals surface area contributed by atoms with Gasteiger partial charge in [0.05, 0.1) is 0 Å². The van der Waals surface area contributed by atoms with Crippen molar-refractivity contribution in [3.8, 4) is 0 Å². The van der Waals surface area contributed by atoms with Gasteiger partial charge in [-0.15, -0.1) is 50.7 Å². The molecule has 4 fully saturated rings. The molecule has 0 spiro atoms. The molecular formula is C33H44ClIrN4O2-5. The van der Waals surface area contributed by atoms with Gasteiger partial charge in [0.1, 0.15) is 0 Å². The molecule has 4 saturated heterocycles. The predicted octanol–water partition coefficient (Wildman–Crippen LogP) is 7.41. The van der Waals surface area contributed by atoms with Crippen LogP contribution in [0.3, 0.4) is 0 Å². The van der Waals surface area contributed by atoms with E-state index in [2.05, 4.69) is 57.7 Å². The van der Waals surface area contributed by atoms with Gasteiger partial charge in [0.25, 0.3) is 0 Å². The molecule has 6 nitrogen and oxygen atoms in total. The third kappa shape index (κ3) is 12.4. The third-order valence-electron chi connectivity index (χ3n) is 8.07. The molecule has 4 heterocycles. The molecule has 0 aliphatic carbocycles. The molecule has 229 valence electrons. The largest absolute Gasteiger partial charge is 0.661 e. The molecule has 3 radical (unpaired) electrons. The molecule has 8 heteroatoms. The first-order valence-electron chi connectivity index (χ1n) is 15.0. The number of hydrogen-bond acceptors (Lipinski definition) is 2. The van der Waals surface area contributed by atoms with Gasteiger partial charge in [-0.25, -0.2) is 0 Å². The molecule has 5 atom stereocenters. The first-order chi connectivity index (χ1) is 19.2. The molecule has 5 unspecified atom stereocenters. The second-order valence-corrected chi connectivity index (χ2v) is 11.0. The zero-order chi connectivity index (χ0) is 27.1. The Morgan fingerprint density at radius 1 is 0.659 bits per heavy atom. The van der Waals surface area contributed by atoms with E-state index in [1.165, 1.54) is 62.5 Å². The standard InChI is InChI=1S/C11H18N2O2.2C11H13N.ClH.Ir/c14-11(15)8-4-6-13-10(7-8)9-3-1-2-5-12-9;2*1-2-6-10(7-3-1)11-8-4-5-9-12-11;;/h8-10H,1-7H2,(H,14,15);2*1-3,6,11H,4-5,8-9H2;1H;/q-2;2*-1;;/p-1. The minimum atomic E-state index is -0.911. The van der Waals surface area contributed by atoms with Crippen molar-refractivity contribution in [1.29, 1.82) is 0 Å². The Kier molecular flexibility index (Phi) is 18.0. The van der Waals surface area contributed by atoms with E-state index in [9.17, 15) is 9.90 Å². The van der Waals surface area contributed by atoms with Crippen LogP contribution in [0.5, 0.6) is 0 Å². The molecular weight excluding hydrogens is 712 g/mol. The summed E-state index contributed by atoms with van der Waals surface area (Å²) < 4.78 is 0. The van der Waals surface area contributed by atoms with Gasteiger partial charge < -0.3 is 31.2 Å². The Morgan fingerprint density at radius 2 is 1.17 bits per heavy atom. The van der Waals surface area contributed by atoms with Crippen LogP contribution in [0, 0.1) is 18.1 Å². The Labute approximate surface area is 267 Å². The zero-order valence-electron chi connectivity index (χ0n) is 24.0. The number of rotatable bonds is 4. The van der Waals surface area contributed by atoms with Crippen LogP contribution in [0.15, 0.2) is 48.5 Å². The van der Waals surface area contributed by atoms with Crippen LogP contribution < -0.4 is 5.11 Å². The molecule has 0 saturated carbocycles. The van der Waals surface area contributed by atoms with E-state index in [1.807, 2.05) is 24.3 Å². The first-order valence-corrected chi connectivity index (χ1v) is 15.0. The van der Waals surface area contributed by atoms with Gasteiger partial charge in [0.15, 0.2) is 0 Å². The van der Waals surface area contributed by atoms with Gasteiger partial charge in [0, 0.05) is 26.1 Å². The van der Waals surface area contributed by atoms with Crippen LogP contribution in [0.1, 0.15) is 93.8 Å². The van der Waals surface area contributed by atoms with Crippen LogP contribution in [0.2, 0.25) is 0 Å². The molecule has 2 aromatic carbocycles. The Morgan fingerprint density at radius 3 is 1.59 bits per heavy atom. The quantitative estimate of drug-likeness (QED) is 0.325. The second kappa shape index (κ2) is 20.6. The Hall–Kier alpha value is -1.31. The van der Waals surface area contributed by atoms with Crippen molar-refractivity contribution in [2.45, 2.75) is 94.8 Å². The number of nitrogens with zero attached hydrogens (tertiary/aromatic N) is 4. The summed E-state index contributed by atoms with van der Waals surface area (Å²) in [6.45, 7) is 3.66. The summed E-state index contributed by atoms with van der Waals surface area (Å²) in [6, 6.07) is 24.1. The van der Waals surface area contributed by atoms with Gasteiger partial charge in [-0.3, -0.25) is 0 Å². The Balaban J connectivity index is 0.000000212. The summed E-state index contributed by atoms with van der Waals surface area (Å²) in [6.07, 6.45) is 12.3. The van der Waals surface area contributed by atoms with E-state index in [0.29, 0.717) is 31.5 Å². The summed E-state index contributed by atoms with van der Waals surface area (Å²) in [7, 11) is 0. The van der Waals surface area contributed by atoms with Crippen molar-refractivity contribution in [2.24, 2.45) is 5.92 Å². The van der Waals surface area contributed by atoms with Crippen molar-refractivity contribution in [1.82, 2.24) is 0 Å². The van der Waals surface area contributed by atoms with E-state index < -0.39 is 5.97 Å². The van der Waals surface area contributed by atoms with Crippen molar-refractivity contribution in [2.75, 3.05) is 26.2 Å². The normalized spacial score (nSPS) is 27.7. The molecule has 4 aliphatic heterocycles. The smallest absolute Gasteiger partial charge is 0.0444 e. The molecule has 0 aromatic heterocycles. The summed E-state index contributed by atoms with van der Waals surface area (Å²) in [5, 5.41) is 29.0. The van der Waals surface area contributed by atoms with Crippen LogP contribution >= 0.6 is 12.4 Å². The molecule has 0 amide bonds. The molecule has 2 aromatic rings. The Bertz CT molecular complexity index is 883. The summed E-state index contributed by atoms with van der Waals surface area (Å²) in [5.41, 5.74) is 2.52. The van der Waals surface area contributed by atoms with E-state index >= 15 is 0 Å². The average Bonchev–Trinajstić information content (AvgIpc) is 3.04. The van der Waals surface area contributed by atoms with Gasteiger partial charge in [-0.1, -0.05) is 130 Å². The van der Waals surface area contributed by atoms with Gasteiger partial charge >= 0.3 is 0 Å². The third-order valence-corrected chi connectivity index (χ3v) is 8.07. The number of hydrogen-bond donors (Lipinski definition) is 0. The number of carboxylic acids is 1. The molecule has 6 rings (SSSR count). The maximum Gasteiger partial charge on any atom is 0.0444 e. The van der Waals surface area contributed by atoms with E-state index in [-0.39, 0.29) is 50.5 Å². The molecule has 0 bridgehead atoms. The van der Waals surface area contributed by atoms with E-state index in [0.717, 1.165) is 26.1 Å². The SMILES string of the molecule is Cl.O=C([O-])C1CC[N-]C(C2CCCC[N-]2)C1.[Ir].[c]1ccccc1C1CCCC[N-]1.[c]1ccccc1C1CCCC[N-]1. The number of piperidine rings is 4. The average molecular weight is 756 g/mol. The van der Waals surface area contributed by atoms with Gasteiger partial charge in [-0.05, 0) is 18.1 Å². The number of benzene rings is 2. The first kappa shape index (κ1) is 35.9. The fraction of sp³-hybridized carbons (Fsp3) is 0.606. The van der Waals surface area contributed by atoms with Crippen molar-refractivity contribution < 1.29 is 30.0 Å². The van der Waals surface area contributed by atoms with E-state index in [4.69, 9.17) is 0 Å². The van der Waals surface area contributed by atoms with Gasteiger partial charge in [0.2, 0.25) is 0 Å². The number of halogens is 1. The van der Waals surface area contributed by atoms with Crippen LogP contribution in [0.4, 0.5) is 0 Å². The van der Waals surface area contributed by atoms with Crippen molar-refractivity contribution in [3.63, 3.8) is 0 Å². The van der Waals surface area contributed by atoms with Crippen molar-refractivity contribution >= 4 is 18.4 Å². The molecule has 0 N–H and O–H groups in total. The number of carbonyl (C=O) groups excluding carboxylic acids is 1. The molecule has 4 aliphatic rings. The monoisotopic (exact) mass is 756 g/mol. The number of aliphatic carboxylic acids is 1. The van der Waals surface area contributed by atoms with Crippen LogP contribution in [0.25, 0.3) is 21.3 Å². The van der Waals surface area contributed by atoms with E-state index in [1.54, 1.807) is 0 Å². The topological polar surface area (TPSA) is 96.5 Å². The fourth-order valence-corrected chi connectivity index (χ4v) is 5.81. The van der Waals surface area contributed by atoms with Crippen LogP contribution in [-0.4, -0.2) is 44.2 Å². The minimum Gasteiger partial charge on any atom is -0.661 e. The minimum absolute atomic E-state index is 0. The maximum absolute atomic E-state index is 10.8. The van der Waals surface area contributed by atoms with Crippen molar-refractivity contribution in [3.05, 3.63) is 93.1 Å². The maximum atomic E-state index is 10.8.